The number of rotatable bonds is 2. The maximum absolute atomic E-state index is 11.9. The van der Waals surface area contributed by atoms with Crippen molar-refractivity contribution in [3.63, 3.8) is 0 Å². The maximum Gasteiger partial charge on any atom is 0.315 e. The maximum atomic E-state index is 11.9. The lowest BCUT2D eigenvalue weighted by atomic mass is 9.90. The average molecular weight is 263 g/mol. The van der Waals surface area contributed by atoms with Crippen LogP contribution in [0.15, 0.2) is 12.1 Å². The molecule has 5 nitrogen and oxygen atoms in total. The highest BCUT2D eigenvalue weighted by atomic mass is 16.5. The van der Waals surface area contributed by atoms with Crippen LogP contribution in [0.4, 0.5) is 0 Å². The molecule has 2 aliphatic heterocycles. The predicted octanol–water partition coefficient (Wildman–Crippen LogP) is 0.858. The third-order valence-corrected chi connectivity index (χ3v) is 3.84. The molecule has 0 spiro atoms. The van der Waals surface area contributed by atoms with Crippen LogP contribution < -0.4 is 14.8 Å². The number of carbonyl (C=O) groups is 1. The zero-order chi connectivity index (χ0) is 13.4. The van der Waals surface area contributed by atoms with Crippen molar-refractivity contribution < 1.29 is 19.0 Å². The van der Waals surface area contributed by atoms with Crippen molar-refractivity contribution in [3.05, 3.63) is 23.3 Å². The Morgan fingerprint density at radius 3 is 2.74 bits per heavy atom. The smallest absolute Gasteiger partial charge is 0.315 e. The van der Waals surface area contributed by atoms with Gasteiger partial charge in [0.05, 0.1) is 20.3 Å². The Kier molecular flexibility index (Phi) is 3.06. The van der Waals surface area contributed by atoms with Crippen LogP contribution in [0.1, 0.15) is 17.0 Å². The van der Waals surface area contributed by atoms with Gasteiger partial charge < -0.3 is 19.5 Å². The fraction of sp³-hybridized carbons (Fsp3) is 0.500. The van der Waals surface area contributed by atoms with Gasteiger partial charge in [0.1, 0.15) is 12.5 Å². The SMILES string of the molecule is COc1cc2c(cc1OC)[C@H]1C(=O)OC[C@H]1NCC2. The Hall–Kier alpha value is -1.75. The van der Waals surface area contributed by atoms with Crippen LogP contribution in [-0.2, 0) is 16.0 Å². The quantitative estimate of drug-likeness (QED) is 0.802. The van der Waals surface area contributed by atoms with Crippen LogP contribution in [0, 0.1) is 0 Å². The zero-order valence-electron chi connectivity index (χ0n) is 11.1. The number of carbonyl (C=O) groups excluding carboxylic acids is 1. The third-order valence-electron chi connectivity index (χ3n) is 3.84. The molecule has 1 aromatic carbocycles. The van der Waals surface area contributed by atoms with E-state index >= 15 is 0 Å². The third kappa shape index (κ3) is 1.94. The van der Waals surface area contributed by atoms with Crippen LogP contribution in [0.25, 0.3) is 0 Å². The van der Waals surface area contributed by atoms with Crippen LogP contribution in [0.5, 0.6) is 11.5 Å². The lowest BCUT2D eigenvalue weighted by Gasteiger charge is -2.17. The number of hydrogen-bond acceptors (Lipinski definition) is 5. The molecule has 0 amide bonds. The number of cyclic esters (lactones) is 1. The molecule has 1 saturated heterocycles. The molecule has 102 valence electrons. The Morgan fingerprint density at radius 1 is 1.26 bits per heavy atom. The summed E-state index contributed by atoms with van der Waals surface area (Å²) in [6.45, 7) is 1.28. The lowest BCUT2D eigenvalue weighted by Crippen LogP contribution is -2.34. The highest BCUT2D eigenvalue weighted by molar-refractivity contribution is 5.82. The van der Waals surface area contributed by atoms with Crippen molar-refractivity contribution in [1.82, 2.24) is 5.32 Å². The molecule has 0 unspecified atom stereocenters. The molecule has 19 heavy (non-hydrogen) atoms. The van der Waals surface area contributed by atoms with E-state index in [0.29, 0.717) is 18.1 Å². The van der Waals surface area contributed by atoms with E-state index in [4.69, 9.17) is 14.2 Å². The molecule has 0 radical (unpaired) electrons. The normalized spacial score (nSPS) is 25.1. The van der Waals surface area contributed by atoms with Crippen molar-refractivity contribution in [3.8, 4) is 11.5 Å². The molecule has 0 bridgehead atoms. The highest BCUT2D eigenvalue weighted by Gasteiger charge is 2.40. The van der Waals surface area contributed by atoms with Gasteiger partial charge in [0.2, 0.25) is 0 Å². The monoisotopic (exact) mass is 263 g/mol. The van der Waals surface area contributed by atoms with Crippen molar-refractivity contribution in [2.75, 3.05) is 27.4 Å². The molecule has 2 atom stereocenters. The van der Waals surface area contributed by atoms with Gasteiger partial charge in [0.25, 0.3) is 0 Å². The summed E-state index contributed by atoms with van der Waals surface area (Å²) in [6, 6.07) is 3.93. The molecule has 0 aliphatic carbocycles. The Morgan fingerprint density at radius 2 is 2.00 bits per heavy atom. The second-order valence-corrected chi connectivity index (χ2v) is 4.82. The van der Waals surface area contributed by atoms with Crippen LogP contribution >= 0.6 is 0 Å². The minimum Gasteiger partial charge on any atom is -0.493 e. The summed E-state index contributed by atoms with van der Waals surface area (Å²) in [6.07, 6.45) is 0.871. The van der Waals surface area contributed by atoms with E-state index < -0.39 is 0 Å². The van der Waals surface area contributed by atoms with Gasteiger partial charge in [-0.15, -0.1) is 0 Å². The summed E-state index contributed by atoms with van der Waals surface area (Å²) >= 11 is 0. The van der Waals surface area contributed by atoms with Crippen LogP contribution in [-0.4, -0.2) is 39.4 Å². The molecule has 5 heteroatoms. The first kappa shape index (κ1) is 12.3. The summed E-state index contributed by atoms with van der Waals surface area (Å²) < 4.78 is 15.8. The Bertz CT molecular complexity index is 514. The van der Waals surface area contributed by atoms with Gasteiger partial charge in [-0.1, -0.05) is 0 Å². The highest BCUT2D eigenvalue weighted by Crippen LogP contribution is 2.38. The second-order valence-electron chi connectivity index (χ2n) is 4.82. The molecule has 2 aliphatic rings. The minimum absolute atomic E-state index is 0.0619. The largest absolute Gasteiger partial charge is 0.493 e. The first-order valence-electron chi connectivity index (χ1n) is 6.39. The molecule has 1 aromatic rings. The van der Waals surface area contributed by atoms with Gasteiger partial charge >= 0.3 is 5.97 Å². The van der Waals surface area contributed by atoms with E-state index in [1.165, 1.54) is 0 Å². The van der Waals surface area contributed by atoms with Gasteiger partial charge in [-0.3, -0.25) is 4.79 Å². The van der Waals surface area contributed by atoms with Crippen molar-refractivity contribution in [2.24, 2.45) is 0 Å². The number of ether oxygens (including phenoxy) is 3. The molecular weight excluding hydrogens is 246 g/mol. The number of hydrogen-bond donors (Lipinski definition) is 1. The van der Waals surface area contributed by atoms with Gasteiger partial charge in [-0.25, -0.2) is 0 Å². The second kappa shape index (κ2) is 4.74. The topological polar surface area (TPSA) is 56.8 Å². The summed E-state index contributed by atoms with van der Waals surface area (Å²) in [5.74, 6) is 0.956. The predicted molar refractivity (Wildman–Crippen MR) is 68.7 cm³/mol. The molecular formula is C14H17NO4. The molecule has 0 aromatic heterocycles. The van der Waals surface area contributed by atoms with Crippen LogP contribution in [0.2, 0.25) is 0 Å². The minimum atomic E-state index is -0.239. The fourth-order valence-electron chi connectivity index (χ4n) is 2.88. The first-order chi connectivity index (χ1) is 9.24. The molecule has 1 fully saturated rings. The van der Waals surface area contributed by atoms with Crippen LogP contribution in [0.3, 0.4) is 0 Å². The van der Waals surface area contributed by atoms with E-state index in [0.717, 1.165) is 24.1 Å². The summed E-state index contributed by atoms with van der Waals surface area (Å²) in [5, 5.41) is 3.37. The first-order valence-corrected chi connectivity index (χ1v) is 6.39. The lowest BCUT2D eigenvalue weighted by molar-refractivity contribution is -0.139. The number of nitrogens with one attached hydrogen (secondary N) is 1. The molecule has 3 rings (SSSR count). The van der Waals surface area contributed by atoms with E-state index in [1.807, 2.05) is 12.1 Å². The van der Waals surface area contributed by atoms with Crippen molar-refractivity contribution >= 4 is 5.97 Å². The van der Waals surface area contributed by atoms with E-state index in [-0.39, 0.29) is 17.9 Å². The van der Waals surface area contributed by atoms with E-state index in [1.54, 1.807) is 14.2 Å². The summed E-state index contributed by atoms with van der Waals surface area (Å²) in [4.78, 5) is 11.9. The van der Waals surface area contributed by atoms with Gasteiger partial charge in [0, 0.05) is 0 Å². The Balaban J connectivity index is 2.12. The number of benzene rings is 1. The zero-order valence-corrected chi connectivity index (χ0v) is 11.1. The van der Waals surface area contributed by atoms with Gasteiger partial charge in [0.15, 0.2) is 11.5 Å². The summed E-state index contributed by atoms with van der Waals surface area (Å²) in [7, 11) is 3.22. The number of fused-ring (bicyclic) bond motifs is 3. The summed E-state index contributed by atoms with van der Waals surface area (Å²) in [5.41, 5.74) is 2.12. The van der Waals surface area contributed by atoms with Gasteiger partial charge in [-0.05, 0) is 36.2 Å². The van der Waals surface area contributed by atoms with Crippen molar-refractivity contribution in [1.29, 1.82) is 0 Å². The molecule has 1 N–H and O–H groups in total. The Labute approximate surface area is 111 Å². The fourth-order valence-corrected chi connectivity index (χ4v) is 2.88. The average Bonchev–Trinajstić information content (AvgIpc) is 2.70. The van der Waals surface area contributed by atoms with E-state index in [9.17, 15) is 4.79 Å². The van der Waals surface area contributed by atoms with Gasteiger partial charge in [-0.2, -0.15) is 0 Å². The standard InChI is InChI=1S/C14H17NO4/c1-17-11-5-8-3-4-15-10-7-19-14(16)13(10)9(8)6-12(11)18-2/h5-6,10,13,15H,3-4,7H2,1-2H3/t10-,13-/m1/s1. The molecule has 2 heterocycles. The van der Waals surface area contributed by atoms with Crippen molar-refractivity contribution in [2.45, 2.75) is 18.4 Å². The van der Waals surface area contributed by atoms with E-state index in [2.05, 4.69) is 5.32 Å². The molecule has 0 saturated carbocycles. The number of methoxy groups -OCH3 is 2. The number of esters is 1.